The van der Waals surface area contributed by atoms with E-state index < -0.39 is 5.60 Å². The molecule has 2 atom stereocenters. The highest BCUT2D eigenvalue weighted by atomic mass is 16.7. The number of methoxy groups -OCH3 is 1. The van der Waals surface area contributed by atoms with Crippen molar-refractivity contribution in [1.29, 1.82) is 0 Å². The second kappa shape index (κ2) is 5.77. The van der Waals surface area contributed by atoms with Crippen LogP contribution in [0.4, 0.5) is 5.69 Å². The summed E-state index contributed by atoms with van der Waals surface area (Å²) in [5.41, 5.74) is 0.883. The Kier molecular flexibility index (Phi) is 3.81. The van der Waals surface area contributed by atoms with Crippen LogP contribution >= 0.6 is 0 Å². The first-order chi connectivity index (χ1) is 10.6. The number of carbonyl (C=O) groups excluding carboxylic acids is 1. The largest absolute Gasteiger partial charge is 0.467 e. The van der Waals surface area contributed by atoms with Crippen LogP contribution in [0.1, 0.15) is 24.9 Å². The molecule has 1 aromatic carbocycles. The van der Waals surface area contributed by atoms with Crippen LogP contribution in [-0.2, 0) is 14.4 Å². The molecule has 0 spiro atoms. The van der Waals surface area contributed by atoms with Gasteiger partial charge < -0.3 is 4.74 Å². The molecule has 0 bridgehead atoms. The number of carbonyl (C=O) groups is 1. The standard InChI is InChI=1S/C17H18N2O3/c1-17(16(20)21-2)11-15(13-7-6-10-18-12-13)19(22-17)14-8-4-3-5-9-14/h3-10,12,15H,11H2,1-2H3/t15-,17-/m0/s1. The molecule has 1 fully saturated rings. The number of hydrogen-bond donors (Lipinski definition) is 0. The summed E-state index contributed by atoms with van der Waals surface area (Å²) in [4.78, 5) is 22.3. The van der Waals surface area contributed by atoms with Crippen LogP contribution in [0.25, 0.3) is 0 Å². The van der Waals surface area contributed by atoms with Crippen molar-refractivity contribution in [3.8, 4) is 0 Å². The molecule has 114 valence electrons. The number of esters is 1. The SMILES string of the molecule is COC(=O)[C@]1(C)C[C@@H](c2cccnc2)N(c2ccccc2)O1. The lowest BCUT2D eigenvalue weighted by Gasteiger charge is -2.26. The van der Waals surface area contributed by atoms with E-state index in [4.69, 9.17) is 9.57 Å². The zero-order valence-electron chi connectivity index (χ0n) is 12.6. The smallest absolute Gasteiger partial charge is 0.340 e. The highest BCUT2D eigenvalue weighted by Gasteiger charge is 2.49. The van der Waals surface area contributed by atoms with Gasteiger partial charge in [-0.1, -0.05) is 24.3 Å². The lowest BCUT2D eigenvalue weighted by Crippen LogP contribution is -2.37. The average Bonchev–Trinajstić information content (AvgIpc) is 2.95. The molecule has 22 heavy (non-hydrogen) atoms. The van der Waals surface area contributed by atoms with Crippen molar-refractivity contribution < 1.29 is 14.4 Å². The van der Waals surface area contributed by atoms with Gasteiger partial charge in [-0.05, 0) is 30.7 Å². The molecule has 5 nitrogen and oxygen atoms in total. The molecule has 5 heteroatoms. The van der Waals surface area contributed by atoms with Crippen LogP contribution < -0.4 is 5.06 Å². The highest BCUT2D eigenvalue weighted by molar-refractivity contribution is 5.80. The third kappa shape index (κ3) is 2.55. The van der Waals surface area contributed by atoms with Gasteiger partial charge in [-0.25, -0.2) is 9.86 Å². The second-order valence-corrected chi connectivity index (χ2v) is 5.48. The van der Waals surface area contributed by atoms with Crippen LogP contribution in [0.15, 0.2) is 54.9 Å². The van der Waals surface area contributed by atoms with E-state index >= 15 is 0 Å². The number of nitrogens with zero attached hydrogens (tertiary/aromatic N) is 2. The molecule has 0 radical (unpaired) electrons. The minimum Gasteiger partial charge on any atom is -0.467 e. The second-order valence-electron chi connectivity index (χ2n) is 5.48. The van der Waals surface area contributed by atoms with Crippen molar-refractivity contribution >= 4 is 11.7 Å². The molecule has 1 saturated heterocycles. The number of aromatic nitrogens is 1. The summed E-state index contributed by atoms with van der Waals surface area (Å²) >= 11 is 0. The number of anilines is 1. The van der Waals surface area contributed by atoms with Gasteiger partial charge in [0.2, 0.25) is 0 Å². The van der Waals surface area contributed by atoms with Crippen LogP contribution in [0.3, 0.4) is 0 Å². The maximum atomic E-state index is 12.1. The lowest BCUT2D eigenvalue weighted by molar-refractivity contribution is -0.163. The van der Waals surface area contributed by atoms with Gasteiger partial charge in [-0.15, -0.1) is 0 Å². The van der Waals surface area contributed by atoms with E-state index in [0.29, 0.717) is 6.42 Å². The Labute approximate surface area is 129 Å². The topological polar surface area (TPSA) is 51.7 Å². The number of ether oxygens (including phenoxy) is 1. The van der Waals surface area contributed by atoms with E-state index in [-0.39, 0.29) is 12.0 Å². The van der Waals surface area contributed by atoms with E-state index in [9.17, 15) is 4.79 Å². The molecule has 0 N–H and O–H groups in total. The fourth-order valence-electron chi connectivity index (χ4n) is 2.74. The van der Waals surface area contributed by atoms with E-state index in [1.807, 2.05) is 42.5 Å². The molecule has 1 aromatic heterocycles. The minimum absolute atomic E-state index is 0.0970. The van der Waals surface area contributed by atoms with E-state index in [1.165, 1.54) is 7.11 Å². The maximum absolute atomic E-state index is 12.1. The molecule has 3 rings (SSSR count). The van der Waals surface area contributed by atoms with Crippen LogP contribution in [0.5, 0.6) is 0 Å². The summed E-state index contributed by atoms with van der Waals surface area (Å²) in [5.74, 6) is -0.375. The minimum atomic E-state index is -1.01. The van der Waals surface area contributed by atoms with Crippen LogP contribution in [0, 0.1) is 0 Å². The summed E-state index contributed by atoms with van der Waals surface area (Å²) < 4.78 is 4.90. The highest BCUT2D eigenvalue weighted by Crippen LogP contribution is 2.43. The van der Waals surface area contributed by atoms with E-state index in [0.717, 1.165) is 11.3 Å². The van der Waals surface area contributed by atoms with Gasteiger partial charge in [0.05, 0.1) is 18.8 Å². The fourth-order valence-corrected chi connectivity index (χ4v) is 2.74. The third-order valence-corrected chi connectivity index (χ3v) is 3.86. The zero-order chi connectivity index (χ0) is 15.6. The molecule has 1 aliphatic rings. The number of rotatable bonds is 3. The van der Waals surface area contributed by atoms with Crippen molar-refractivity contribution in [2.75, 3.05) is 12.2 Å². The van der Waals surface area contributed by atoms with Gasteiger partial charge in [0.15, 0.2) is 5.60 Å². The predicted molar refractivity (Wildman–Crippen MR) is 82.0 cm³/mol. The average molecular weight is 298 g/mol. The van der Waals surface area contributed by atoms with Gasteiger partial charge in [0.25, 0.3) is 0 Å². The maximum Gasteiger partial charge on any atom is 0.340 e. The molecule has 2 heterocycles. The fraction of sp³-hybridized carbons (Fsp3) is 0.294. The first-order valence-electron chi connectivity index (χ1n) is 7.16. The Hall–Kier alpha value is -2.40. The molecule has 0 amide bonds. The predicted octanol–water partition coefficient (Wildman–Crippen LogP) is 2.90. The molecule has 0 unspecified atom stereocenters. The first-order valence-corrected chi connectivity index (χ1v) is 7.16. The zero-order valence-corrected chi connectivity index (χ0v) is 12.6. The van der Waals surface area contributed by atoms with Gasteiger partial charge >= 0.3 is 5.97 Å². The summed E-state index contributed by atoms with van der Waals surface area (Å²) in [6.07, 6.45) is 4.03. The van der Waals surface area contributed by atoms with Crippen LogP contribution in [-0.4, -0.2) is 23.7 Å². The monoisotopic (exact) mass is 298 g/mol. The van der Waals surface area contributed by atoms with Gasteiger partial charge in [0, 0.05) is 18.8 Å². The Morgan fingerprint density at radius 1 is 1.32 bits per heavy atom. The Bertz CT molecular complexity index is 598. The molecular formula is C17H18N2O3. The number of pyridine rings is 1. The summed E-state index contributed by atoms with van der Waals surface area (Å²) in [6, 6.07) is 13.5. The summed E-state index contributed by atoms with van der Waals surface area (Å²) in [6.45, 7) is 1.76. The number of hydrogen-bond acceptors (Lipinski definition) is 5. The van der Waals surface area contributed by atoms with Crippen molar-refractivity contribution in [2.24, 2.45) is 0 Å². The van der Waals surface area contributed by atoms with Crippen molar-refractivity contribution in [1.82, 2.24) is 4.98 Å². The van der Waals surface area contributed by atoms with Crippen LogP contribution in [0.2, 0.25) is 0 Å². The number of benzene rings is 1. The quantitative estimate of drug-likeness (QED) is 0.816. The van der Waals surface area contributed by atoms with E-state index in [1.54, 1.807) is 24.4 Å². The number of hydroxylamine groups is 1. The molecule has 2 aromatic rings. The first kappa shape index (κ1) is 14.5. The summed E-state index contributed by atoms with van der Waals surface area (Å²) in [7, 11) is 1.38. The normalized spacial score (nSPS) is 24.3. The molecule has 0 aliphatic carbocycles. The summed E-state index contributed by atoms with van der Waals surface area (Å²) in [5, 5.41) is 1.77. The van der Waals surface area contributed by atoms with E-state index in [2.05, 4.69) is 4.98 Å². The molecule has 0 saturated carbocycles. The Balaban J connectivity index is 1.99. The molecular weight excluding hydrogens is 280 g/mol. The van der Waals surface area contributed by atoms with Gasteiger partial charge in [-0.2, -0.15) is 0 Å². The Morgan fingerprint density at radius 2 is 2.09 bits per heavy atom. The van der Waals surface area contributed by atoms with Gasteiger partial charge in [-0.3, -0.25) is 9.82 Å². The number of para-hydroxylation sites is 1. The Morgan fingerprint density at radius 3 is 2.73 bits per heavy atom. The lowest BCUT2D eigenvalue weighted by atomic mass is 9.94. The van der Waals surface area contributed by atoms with Crippen molar-refractivity contribution in [2.45, 2.75) is 25.0 Å². The molecule has 1 aliphatic heterocycles. The van der Waals surface area contributed by atoms with Gasteiger partial charge in [0.1, 0.15) is 0 Å². The van der Waals surface area contributed by atoms with Crippen molar-refractivity contribution in [3.63, 3.8) is 0 Å². The van der Waals surface area contributed by atoms with Crippen molar-refractivity contribution in [3.05, 3.63) is 60.4 Å². The third-order valence-electron chi connectivity index (χ3n) is 3.86.